The largest absolute Gasteiger partial charge is 0.326 e. The Labute approximate surface area is 143 Å². The summed E-state index contributed by atoms with van der Waals surface area (Å²) >= 11 is 0. The molecule has 2 N–H and O–H groups in total. The number of amides is 2. The second kappa shape index (κ2) is 5.91. The van der Waals surface area contributed by atoms with Crippen LogP contribution in [0.1, 0.15) is 51.9 Å². The van der Waals surface area contributed by atoms with Crippen LogP contribution in [0.25, 0.3) is 0 Å². The summed E-state index contributed by atoms with van der Waals surface area (Å²) in [6.45, 7) is 1.83. The smallest absolute Gasteiger partial charge is 0.230 e. The van der Waals surface area contributed by atoms with Crippen LogP contribution in [0.4, 0.5) is 11.4 Å². The normalized spacial score (nSPS) is 33.3. The number of carbonyl (C=O) groups is 2. The van der Waals surface area contributed by atoms with Crippen LogP contribution in [0.15, 0.2) is 24.3 Å². The van der Waals surface area contributed by atoms with Gasteiger partial charge in [-0.25, -0.2) is 0 Å². The molecule has 4 saturated carbocycles. The first-order valence-corrected chi connectivity index (χ1v) is 9.28. The van der Waals surface area contributed by atoms with E-state index < -0.39 is 0 Å². The molecule has 24 heavy (non-hydrogen) atoms. The van der Waals surface area contributed by atoms with E-state index in [0.717, 1.165) is 48.4 Å². The molecule has 128 valence electrons. The van der Waals surface area contributed by atoms with Crippen molar-refractivity contribution in [1.82, 2.24) is 0 Å². The Bertz CT molecular complexity index is 632. The highest BCUT2D eigenvalue weighted by Crippen LogP contribution is 2.60. The lowest BCUT2D eigenvalue weighted by atomic mass is 9.49. The summed E-state index contributed by atoms with van der Waals surface area (Å²) in [5, 5.41) is 5.99. The molecular formula is C20H26N2O2. The van der Waals surface area contributed by atoms with Gasteiger partial charge in [-0.3, -0.25) is 9.59 Å². The molecule has 4 heteroatoms. The van der Waals surface area contributed by atoms with Crippen molar-refractivity contribution >= 4 is 23.2 Å². The lowest BCUT2D eigenvalue weighted by Crippen LogP contribution is -2.51. The SMILES string of the molecule is CCC(=O)Nc1cccc(NC(=O)C23CC4CC(CC(C4)C2)C3)c1. The number of rotatable bonds is 4. The number of carbonyl (C=O) groups excluding carboxylic acids is 2. The van der Waals surface area contributed by atoms with E-state index in [1.54, 1.807) is 0 Å². The zero-order valence-corrected chi connectivity index (χ0v) is 14.3. The first-order valence-electron chi connectivity index (χ1n) is 9.28. The highest BCUT2D eigenvalue weighted by atomic mass is 16.2. The van der Waals surface area contributed by atoms with Gasteiger partial charge in [0.15, 0.2) is 0 Å². The van der Waals surface area contributed by atoms with Gasteiger partial charge in [-0.2, -0.15) is 0 Å². The summed E-state index contributed by atoms with van der Waals surface area (Å²) in [5.41, 5.74) is 1.38. The zero-order chi connectivity index (χ0) is 16.7. The van der Waals surface area contributed by atoms with E-state index in [2.05, 4.69) is 10.6 Å². The molecule has 0 radical (unpaired) electrons. The number of nitrogens with one attached hydrogen (secondary N) is 2. The third kappa shape index (κ3) is 2.83. The summed E-state index contributed by atoms with van der Waals surface area (Å²) in [7, 11) is 0. The van der Waals surface area contributed by atoms with Gasteiger partial charge >= 0.3 is 0 Å². The lowest BCUT2D eigenvalue weighted by Gasteiger charge is -2.55. The molecule has 4 fully saturated rings. The predicted molar refractivity (Wildman–Crippen MR) is 94.6 cm³/mol. The van der Waals surface area contributed by atoms with Crippen molar-refractivity contribution in [3.05, 3.63) is 24.3 Å². The van der Waals surface area contributed by atoms with Crippen molar-refractivity contribution in [2.75, 3.05) is 10.6 Å². The van der Waals surface area contributed by atoms with Crippen LogP contribution in [0.3, 0.4) is 0 Å². The van der Waals surface area contributed by atoms with Crippen LogP contribution in [-0.4, -0.2) is 11.8 Å². The highest BCUT2D eigenvalue weighted by molar-refractivity contribution is 5.97. The van der Waals surface area contributed by atoms with Gasteiger partial charge in [0.1, 0.15) is 0 Å². The van der Waals surface area contributed by atoms with Gasteiger partial charge in [0.25, 0.3) is 0 Å². The molecule has 2 amide bonds. The summed E-state index contributed by atoms with van der Waals surface area (Å²) in [5.74, 6) is 2.46. The third-order valence-electron chi connectivity index (χ3n) is 6.25. The molecule has 0 saturated heterocycles. The fourth-order valence-electron chi connectivity index (χ4n) is 5.58. The molecule has 0 spiro atoms. The average molecular weight is 326 g/mol. The molecule has 0 aliphatic heterocycles. The Kier molecular flexibility index (Phi) is 3.86. The second-order valence-corrected chi connectivity index (χ2v) is 8.13. The fraction of sp³-hybridized carbons (Fsp3) is 0.600. The van der Waals surface area contributed by atoms with Gasteiger partial charge < -0.3 is 10.6 Å². The Hall–Kier alpha value is -1.84. The maximum atomic E-state index is 13.1. The Balaban J connectivity index is 1.48. The highest BCUT2D eigenvalue weighted by Gasteiger charge is 2.54. The van der Waals surface area contributed by atoms with Crippen LogP contribution >= 0.6 is 0 Å². The van der Waals surface area contributed by atoms with Crippen LogP contribution in [0, 0.1) is 23.2 Å². The summed E-state index contributed by atoms with van der Waals surface area (Å²) < 4.78 is 0. The number of benzene rings is 1. The van der Waals surface area contributed by atoms with Gasteiger partial charge in [0.2, 0.25) is 11.8 Å². The van der Waals surface area contributed by atoms with E-state index in [1.807, 2.05) is 31.2 Å². The van der Waals surface area contributed by atoms with E-state index in [4.69, 9.17) is 0 Å². The van der Waals surface area contributed by atoms with E-state index in [9.17, 15) is 9.59 Å². The van der Waals surface area contributed by atoms with E-state index in [1.165, 1.54) is 19.3 Å². The summed E-state index contributed by atoms with van der Waals surface area (Å²) in [6, 6.07) is 7.49. The van der Waals surface area contributed by atoms with E-state index in [-0.39, 0.29) is 17.2 Å². The molecule has 1 aromatic carbocycles. The van der Waals surface area contributed by atoms with Crippen LogP contribution < -0.4 is 10.6 Å². The summed E-state index contributed by atoms with van der Waals surface area (Å²) in [6.07, 6.45) is 7.66. The molecule has 4 nitrogen and oxygen atoms in total. The molecule has 4 bridgehead atoms. The molecule has 4 aliphatic carbocycles. The van der Waals surface area contributed by atoms with Gasteiger partial charge in [-0.1, -0.05) is 13.0 Å². The van der Waals surface area contributed by atoms with Crippen molar-refractivity contribution in [3.8, 4) is 0 Å². The van der Waals surface area contributed by atoms with Gasteiger partial charge in [0.05, 0.1) is 5.41 Å². The van der Waals surface area contributed by atoms with Crippen molar-refractivity contribution < 1.29 is 9.59 Å². The topological polar surface area (TPSA) is 58.2 Å². The maximum Gasteiger partial charge on any atom is 0.230 e. The van der Waals surface area contributed by atoms with Gasteiger partial charge in [-0.15, -0.1) is 0 Å². The molecule has 0 unspecified atom stereocenters. The minimum absolute atomic E-state index is 0.0143. The zero-order valence-electron chi connectivity index (χ0n) is 14.3. The molecule has 0 aromatic heterocycles. The standard InChI is InChI=1S/C20H26N2O2/c1-2-18(23)21-16-4-3-5-17(9-16)22-19(24)20-10-13-6-14(11-20)8-15(7-13)12-20/h3-5,9,13-15H,2,6-8,10-12H2,1H3,(H,21,23)(H,22,24). The minimum atomic E-state index is -0.141. The first kappa shape index (κ1) is 15.7. The Morgan fingerprint density at radius 2 is 1.54 bits per heavy atom. The van der Waals surface area contributed by atoms with Crippen LogP contribution in [0.2, 0.25) is 0 Å². The maximum absolute atomic E-state index is 13.1. The molecule has 0 heterocycles. The van der Waals surface area contributed by atoms with Crippen LogP contribution in [-0.2, 0) is 9.59 Å². The molecule has 1 aromatic rings. The third-order valence-corrected chi connectivity index (χ3v) is 6.25. The van der Waals surface area contributed by atoms with Gasteiger partial charge in [0, 0.05) is 17.8 Å². The Morgan fingerprint density at radius 3 is 2.08 bits per heavy atom. The van der Waals surface area contributed by atoms with E-state index >= 15 is 0 Å². The van der Waals surface area contributed by atoms with Crippen molar-refractivity contribution in [2.24, 2.45) is 23.2 Å². The minimum Gasteiger partial charge on any atom is -0.326 e. The van der Waals surface area contributed by atoms with Gasteiger partial charge in [-0.05, 0) is 74.5 Å². The quantitative estimate of drug-likeness (QED) is 0.871. The van der Waals surface area contributed by atoms with Crippen LogP contribution in [0.5, 0.6) is 0 Å². The van der Waals surface area contributed by atoms with Crippen molar-refractivity contribution in [1.29, 1.82) is 0 Å². The number of anilines is 2. The first-order chi connectivity index (χ1) is 11.6. The predicted octanol–water partition coefficient (Wildman–Crippen LogP) is 4.19. The molecule has 5 rings (SSSR count). The number of hydrogen-bond acceptors (Lipinski definition) is 2. The lowest BCUT2D eigenvalue weighted by molar-refractivity contribution is -0.140. The van der Waals surface area contributed by atoms with Crippen molar-refractivity contribution in [2.45, 2.75) is 51.9 Å². The fourth-order valence-corrected chi connectivity index (χ4v) is 5.58. The molecule has 0 atom stereocenters. The molecule has 4 aliphatic rings. The average Bonchev–Trinajstić information content (AvgIpc) is 2.53. The monoisotopic (exact) mass is 326 g/mol. The Morgan fingerprint density at radius 1 is 1.00 bits per heavy atom. The molecular weight excluding hydrogens is 300 g/mol. The number of hydrogen-bond donors (Lipinski definition) is 2. The van der Waals surface area contributed by atoms with Crippen molar-refractivity contribution in [3.63, 3.8) is 0 Å². The van der Waals surface area contributed by atoms with E-state index in [0.29, 0.717) is 6.42 Å². The summed E-state index contributed by atoms with van der Waals surface area (Å²) in [4.78, 5) is 24.6. The second-order valence-electron chi connectivity index (χ2n) is 8.13.